The SMILES string of the molecule is CC(C)[C@H](NC(=O)CN)C(=O)OCC(COC(=O)[C@@H](NC(=O)CN)C(C)C)OCn1cnc2c(=O)[nH]c(N)nc21. The van der Waals surface area contributed by atoms with Crippen LogP contribution in [-0.4, -0.2) is 87.8 Å². The van der Waals surface area contributed by atoms with Crippen LogP contribution in [-0.2, 0) is 40.1 Å². The molecule has 17 heteroatoms. The summed E-state index contributed by atoms with van der Waals surface area (Å²) in [4.78, 5) is 71.4. The van der Waals surface area contributed by atoms with Crippen molar-refractivity contribution in [2.75, 3.05) is 32.0 Å². The zero-order valence-electron chi connectivity index (χ0n) is 22.8. The third-order valence-corrected chi connectivity index (χ3v) is 5.61. The molecule has 2 atom stereocenters. The van der Waals surface area contributed by atoms with Crippen LogP contribution in [0.1, 0.15) is 27.7 Å². The first kappa shape index (κ1) is 32.1. The maximum absolute atomic E-state index is 12.7. The number of nitrogen functional groups attached to an aromatic ring is 1. The van der Waals surface area contributed by atoms with E-state index < -0.39 is 47.5 Å². The Morgan fingerprint density at radius 1 is 0.950 bits per heavy atom. The van der Waals surface area contributed by atoms with Gasteiger partial charge in [-0.1, -0.05) is 27.7 Å². The van der Waals surface area contributed by atoms with Gasteiger partial charge in [-0.2, -0.15) is 4.98 Å². The molecule has 0 saturated carbocycles. The number of nitrogens with one attached hydrogen (secondary N) is 3. The first-order chi connectivity index (χ1) is 18.9. The topological polar surface area (TPSA) is 262 Å². The molecule has 2 rings (SSSR count). The number of esters is 2. The number of ether oxygens (including phenoxy) is 3. The molecule has 0 aromatic carbocycles. The number of aromatic amines is 1. The molecule has 2 heterocycles. The van der Waals surface area contributed by atoms with Gasteiger partial charge in [0.05, 0.1) is 19.4 Å². The van der Waals surface area contributed by atoms with Gasteiger partial charge >= 0.3 is 11.9 Å². The number of imidazole rings is 1. The van der Waals surface area contributed by atoms with E-state index in [1.165, 1.54) is 10.9 Å². The maximum atomic E-state index is 12.7. The zero-order chi connectivity index (χ0) is 30.0. The Hall–Kier alpha value is -4.09. The summed E-state index contributed by atoms with van der Waals surface area (Å²) in [5.41, 5.74) is 15.9. The molecule has 0 spiro atoms. The Bertz CT molecular complexity index is 1200. The number of nitrogens with zero attached hydrogens (tertiary/aromatic N) is 3. The number of amides is 2. The molecule has 2 amide bonds. The third-order valence-electron chi connectivity index (χ3n) is 5.61. The maximum Gasteiger partial charge on any atom is 0.328 e. The summed E-state index contributed by atoms with van der Waals surface area (Å²) in [7, 11) is 0. The molecule has 0 bridgehead atoms. The lowest BCUT2D eigenvalue weighted by Crippen LogP contribution is -2.48. The minimum absolute atomic E-state index is 0.0260. The van der Waals surface area contributed by atoms with E-state index in [0.717, 1.165) is 0 Å². The summed E-state index contributed by atoms with van der Waals surface area (Å²) in [6, 6.07) is -1.96. The van der Waals surface area contributed by atoms with Crippen LogP contribution in [0.15, 0.2) is 11.1 Å². The summed E-state index contributed by atoms with van der Waals surface area (Å²) >= 11 is 0. The molecule has 17 nitrogen and oxygen atoms in total. The van der Waals surface area contributed by atoms with Crippen molar-refractivity contribution >= 4 is 40.9 Å². The van der Waals surface area contributed by atoms with Crippen molar-refractivity contribution in [1.29, 1.82) is 0 Å². The second-order valence-electron chi connectivity index (χ2n) is 9.50. The normalized spacial score (nSPS) is 12.9. The van der Waals surface area contributed by atoms with E-state index >= 15 is 0 Å². The van der Waals surface area contributed by atoms with Crippen LogP contribution in [0.2, 0.25) is 0 Å². The zero-order valence-corrected chi connectivity index (χ0v) is 22.8. The number of rotatable bonds is 15. The number of nitrogens with two attached hydrogens (primary N) is 3. The van der Waals surface area contributed by atoms with E-state index in [2.05, 4.69) is 25.6 Å². The fourth-order valence-corrected chi connectivity index (χ4v) is 3.39. The number of H-pyrrole nitrogens is 1. The van der Waals surface area contributed by atoms with E-state index in [4.69, 9.17) is 31.4 Å². The highest BCUT2D eigenvalue weighted by Gasteiger charge is 2.29. The Kier molecular flexibility index (Phi) is 12.0. The third kappa shape index (κ3) is 8.99. The van der Waals surface area contributed by atoms with E-state index in [1.54, 1.807) is 27.7 Å². The van der Waals surface area contributed by atoms with Gasteiger partial charge in [-0.15, -0.1) is 0 Å². The van der Waals surface area contributed by atoms with Gasteiger partial charge in [0, 0.05) is 0 Å². The summed E-state index contributed by atoms with van der Waals surface area (Å²) in [6.45, 7) is 5.24. The predicted molar refractivity (Wildman–Crippen MR) is 141 cm³/mol. The van der Waals surface area contributed by atoms with Crippen molar-refractivity contribution < 1.29 is 33.4 Å². The van der Waals surface area contributed by atoms with Gasteiger partial charge in [-0.3, -0.25) is 23.9 Å². The molecule has 0 radical (unpaired) electrons. The smallest absolute Gasteiger partial charge is 0.328 e. The Balaban J connectivity index is 2.18. The van der Waals surface area contributed by atoms with Gasteiger partial charge in [-0.25, -0.2) is 14.6 Å². The molecule has 0 unspecified atom stereocenters. The molecular weight excluding hydrogens is 530 g/mol. The van der Waals surface area contributed by atoms with E-state index in [1.807, 2.05) is 0 Å². The van der Waals surface area contributed by atoms with Crippen LogP contribution in [0.5, 0.6) is 0 Å². The molecule has 0 aliphatic carbocycles. The van der Waals surface area contributed by atoms with Crippen molar-refractivity contribution in [3.05, 3.63) is 16.7 Å². The average molecular weight is 568 g/mol. The lowest BCUT2D eigenvalue weighted by atomic mass is 10.0. The summed E-state index contributed by atoms with van der Waals surface area (Å²) in [5, 5.41) is 4.99. The summed E-state index contributed by atoms with van der Waals surface area (Å²) in [6.07, 6.45) is 0.288. The lowest BCUT2D eigenvalue weighted by Gasteiger charge is -2.24. The van der Waals surface area contributed by atoms with Crippen LogP contribution < -0.4 is 33.4 Å². The van der Waals surface area contributed by atoms with Crippen LogP contribution in [0.4, 0.5) is 5.95 Å². The van der Waals surface area contributed by atoms with Gasteiger partial charge in [0.15, 0.2) is 11.2 Å². The van der Waals surface area contributed by atoms with Crippen LogP contribution in [0.3, 0.4) is 0 Å². The number of anilines is 1. The number of carbonyl (C=O) groups excluding carboxylic acids is 4. The largest absolute Gasteiger partial charge is 0.461 e. The molecular formula is C23H37N9O8. The van der Waals surface area contributed by atoms with Crippen LogP contribution in [0, 0.1) is 11.8 Å². The first-order valence-corrected chi connectivity index (χ1v) is 12.5. The highest BCUT2D eigenvalue weighted by Crippen LogP contribution is 2.11. The Morgan fingerprint density at radius 2 is 1.45 bits per heavy atom. The molecule has 2 aromatic heterocycles. The molecule has 2 aromatic rings. The number of aromatic nitrogens is 4. The van der Waals surface area contributed by atoms with Crippen molar-refractivity contribution in [2.24, 2.45) is 23.3 Å². The highest BCUT2D eigenvalue weighted by molar-refractivity contribution is 5.86. The number of hydrogen-bond donors (Lipinski definition) is 6. The fraction of sp³-hybridized carbons (Fsp3) is 0.609. The summed E-state index contributed by atoms with van der Waals surface area (Å²) in [5.74, 6) is -3.33. The van der Waals surface area contributed by atoms with E-state index in [0.29, 0.717) is 0 Å². The second kappa shape index (κ2) is 14.9. The number of fused-ring (bicyclic) bond motifs is 1. The Morgan fingerprint density at radius 3 is 1.90 bits per heavy atom. The van der Waals surface area contributed by atoms with Gasteiger partial charge in [0.1, 0.15) is 38.1 Å². The Labute approximate surface area is 229 Å². The minimum atomic E-state index is -1.01. The van der Waals surface area contributed by atoms with Crippen molar-refractivity contribution in [1.82, 2.24) is 30.2 Å². The van der Waals surface area contributed by atoms with Crippen LogP contribution in [0.25, 0.3) is 11.2 Å². The lowest BCUT2D eigenvalue weighted by molar-refractivity contribution is -0.162. The van der Waals surface area contributed by atoms with Gasteiger partial charge in [0.25, 0.3) is 5.56 Å². The monoisotopic (exact) mass is 567 g/mol. The molecule has 40 heavy (non-hydrogen) atoms. The van der Waals surface area contributed by atoms with E-state index in [-0.39, 0.29) is 62.0 Å². The summed E-state index contributed by atoms with van der Waals surface area (Å²) < 4.78 is 18.0. The quantitative estimate of drug-likeness (QED) is 0.120. The van der Waals surface area contributed by atoms with Crippen molar-refractivity contribution in [3.63, 3.8) is 0 Å². The minimum Gasteiger partial charge on any atom is -0.461 e. The standard InChI is InChI=1S/C23H37N9O8/c1-11(2)16(28-14(33)5-24)21(36)38-7-13(8-39-22(37)17(12(3)4)29-15(34)6-25)40-10-32-9-27-18-19(32)30-23(26)31-20(18)35/h9,11-13,16-17H,5-8,10,24-25H2,1-4H3,(H,28,33)(H,29,34)(H3,26,30,31,35)/t16-,17-/m0/s1. The molecule has 0 aliphatic heterocycles. The van der Waals surface area contributed by atoms with Crippen LogP contribution >= 0.6 is 0 Å². The number of carbonyl (C=O) groups is 4. The average Bonchev–Trinajstić information content (AvgIpc) is 3.31. The molecule has 0 saturated heterocycles. The molecule has 0 aliphatic rings. The highest BCUT2D eigenvalue weighted by atomic mass is 16.6. The predicted octanol–water partition coefficient (Wildman–Crippen LogP) is -2.67. The van der Waals surface area contributed by atoms with E-state index in [9.17, 15) is 24.0 Å². The second-order valence-corrected chi connectivity index (χ2v) is 9.50. The molecule has 0 fully saturated rings. The van der Waals surface area contributed by atoms with Gasteiger partial charge in [0.2, 0.25) is 17.8 Å². The molecule has 9 N–H and O–H groups in total. The van der Waals surface area contributed by atoms with Crippen molar-refractivity contribution in [3.8, 4) is 0 Å². The number of hydrogen-bond acceptors (Lipinski definition) is 13. The molecule has 222 valence electrons. The van der Waals surface area contributed by atoms with Crippen molar-refractivity contribution in [2.45, 2.75) is 52.6 Å². The first-order valence-electron chi connectivity index (χ1n) is 12.5. The van der Waals surface area contributed by atoms with Gasteiger partial charge in [-0.05, 0) is 11.8 Å². The fourth-order valence-electron chi connectivity index (χ4n) is 3.39. The van der Waals surface area contributed by atoms with Gasteiger partial charge < -0.3 is 42.0 Å².